The third kappa shape index (κ3) is 3.52. The zero-order valence-corrected chi connectivity index (χ0v) is 17.4. The van der Waals surface area contributed by atoms with E-state index in [0.717, 1.165) is 0 Å². The quantitative estimate of drug-likeness (QED) is 0.464. The van der Waals surface area contributed by atoms with Crippen molar-refractivity contribution in [2.24, 2.45) is 5.92 Å². The molecule has 1 N–H and O–H groups in total. The van der Waals surface area contributed by atoms with Crippen molar-refractivity contribution in [3.8, 4) is 6.07 Å². The Morgan fingerprint density at radius 2 is 2.17 bits per heavy atom. The van der Waals surface area contributed by atoms with Gasteiger partial charge in [-0.2, -0.15) is 5.26 Å². The number of aliphatic hydroxyl groups is 1. The number of carbonyl (C=O) groups excluding carboxylic acids is 1. The second-order valence-electron chi connectivity index (χ2n) is 7.54. The Hall–Kier alpha value is -2.76. The van der Waals surface area contributed by atoms with Crippen molar-refractivity contribution in [2.75, 3.05) is 6.26 Å². The van der Waals surface area contributed by atoms with E-state index in [1.54, 1.807) is 26.0 Å². The molecule has 1 heterocycles. The van der Waals surface area contributed by atoms with Crippen LogP contribution in [0, 0.1) is 34.3 Å². The third-order valence-electron chi connectivity index (χ3n) is 5.53. The van der Waals surface area contributed by atoms with E-state index in [-0.39, 0.29) is 17.9 Å². The molecule has 1 aliphatic rings. The Kier molecular flexibility index (Phi) is 5.48. The molecular formula is C21H21N3O4S. The van der Waals surface area contributed by atoms with Gasteiger partial charge in [-0.3, -0.25) is 14.9 Å². The van der Waals surface area contributed by atoms with Crippen LogP contribution in [0.3, 0.4) is 0 Å². The zero-order valence-electron chi connectivity index (χ0n) is 16.6. The molecule has 2 aromatic rings. The minimum Gasteiger partial charge on any atom is -0.389 e. The van der Waals surface area contributed by atoms with E-state index in [9.17, 15) is 25.3 Å². The lowest BCUT2D eigenvalue weighted by Crippen LogP contribution is -2.48. The molecule has 0 radical (unpaired) electrons. The highest BCUT2D eigenvalue weighted by atomic mass is 32.2. The number of nitro benzene ring substituents is 1. The van der Waals surface area contributed by atoms with Crippen molar-refractivity contribution in [3.05, 3.63) is 62.3 Å². The van der Waals surface area contributed by atoms with E-state index in [2.05, 4.69) is 11.1 Å². The van der Waals surface area contributed by atoms with Crippen molar-refractivity contribution >= 4 is 23.2 Å². The van der Waals surface area contributed by atoms with Crippen molar-refractivity contribution in [1.82, 2.24) is 4.98 Å². The summed E-state index contributed by atoms with van der Waals surface area (Å²) in [6, 6.07) is 8.30. The first-order valence-electron chi connectivity index (χ1n) is 9.07. The van der Waals surface area contributed by atoms with Crippen LogP contribution in [-0.2, 0) is 11.2 Å². The number of ketones is 1. The molecule has 8 heteroatoms. The number of benzene rings is 1. The highest BCUT2D eigenvalue weighted by Gasteiger charge is 2.49. The lowest BCUT2D eigenvalue weighted by Gasteiger charge is -2.43. The number of hydrogen-bond acceptors (Lipinski definition) is 7. The molecular weight excluding hydrogens is 390 g/mol. The van der Waals surface area contributed by atoms with Gasteiger partial charge in [-0.15, -0.1) is 11.8 Å². The van der Waals surface area contributed by atoms with E-state index in [1.807, 2.05) is 6.26 Å². The summed E-state index contributed by atoms with van der Waals surface area (Å²) >= 11 is 1.35. The maximum atomic E-state index is 12.6. The Labute approximate surface area is 172 Å². The SMILES string of the molecule is CSc1nc(C)c2c(c1C#N)CC(C)(O)C(C(C)=O)C2c1cccc([N+](=O)[O-])c1. The number of nitriles is 1. The van der Waals surface area contributed by atoms with Gasteiger partial charge in [0.05, 0.1) is 22.0 Å². The van der Waals surface area contributed by atoms with Crippen LogP contribution in [0.25, 0.3) is 0 Å². The van der Waals surface area contributed by atoms with Crippen LogP contribution < -0.4 is 0 Å². The largest absolute Gasteiger partial charge is 0.389 e. The van der Waals surface area contributed by atoms with Gasteiger partial charge in [-0.25, -0.2) is 4.98 Å². The summed E-state index contributed by atoms with van der Waals surface area (Å²) in [6.45, 7) is 4.81. The smallest absolute Gasteiger partial charge is 0.269 e. The van der Waals surface area contributed by atoms with E-state index in [1.165, 1.54) is 30.8 Å². The molecule has 0 amide bonds. The summed E-state index contributed by atoms with van der Waals surface area (Å²) in [7, 11) is 0. The number of pyridine rings is 1. The highest BCUT2D eigenvalue weighted by molar-refractivity contribution is 7.98. The molecule has 1 aromatic heterocycles. The Balaban J connectivity index is 2.40. The molecule has 29 heavy (non-hydrogen) atoms. The average Bonchev–Trinajstić information content (AvgIpc) is 2.65. The number of thioether (sulfide) groups is 1. The first-order chi connectivity index (χ1) is 13.6. The second kappa shape index (κ2) is 7.58. The van der Waals surface area contributed by atoms with Crippen LogP contribution in [0.2, 0.25) is 0 Å². The van der Waals surface area contributed by atoms with Crippen LogP contribution >= 0.6 is 11.8 Å². The summed E-state index contributed by atoms with van der Waals surface area (Å²) < 4.78 is 0. The summed E-state index contributed by atoms with van der Waals surface area (Å²) in [4.78, 5) is 28.0. The third-order valence-corrected chi connectivity index (χ3v) is 6.21. The number of carbonyl (C=O) groups is 1. The van der Waals surface area contributed by atoms with Crippen molar-refractivity contribution in [2.45, 2.75) is 43.7 Å². The summed E-state index contributed by atoms with van der Waals surface area (Å²) in [5.74, 6) is -1.67. The predicted molar refractivity (Wildman–Crippen MR) is 109 cm³/mol. The number of nitrogens with zero attached hydrogens (tertiary/aromatic N) is 3. The zero-order chi connectivity index (χ0) is 21.5. The standard InChI is InChI=1S/C21H21N3O4S/c1-11-17-15(16(10-22)20(23-11)29-4)9-21(3,26)19(12(2)25)18(17)13-6-5-7-14(8-13)24(27)28/h5-8,18-19,26H,9H2,1-4H3. The Morgan fingerprint density at radius 1 is 1.48 bits per heavy atom. The van der Waals surface area contributed by atoms with Crippen LogP contribution in [0.1, 0.15) is 47.7 Å². The average molecular weight is 411 g/mol. The monoisotopic (exact) mass is 411 g/mol. The first kappa shape index (κ1) is 21.0. The lowest BCUT2D eigenvalue weighted by atomic mass is 9.62. The molecule has 0 saturated carbocycles. The van der Waals surface area contributed by atoms with Crippen molar-refractivity contribution in [1.29, 1.82) is 5.26 Å². The number of rotatable bonds is 4. The van der Waals surface area contributed by atoms with E-state index >= 15 is 0 Å². The molecule has 0 aliphatic heterocycles. The highest BCUT2D eigenvalue weighted by Crippen LogP contribution is 2.49. The fourth-order valence-electron chi connectivity index (χ4n) is 4.47. The molecule has 0 fully saturated rings. The van der Waals surface area contributed by atoms with Crippen LogP contribution in [0.4, 0.5) is 5.69 Å². The number of non-ortho nitro benzene ring substituents is 1. The Morgan fingerprint density at radius 3 is 2.72 bits per heavy atom. The van der Waals surface area contributed by atoms with Gasteiger partial charge >= 0.3 is 0 Å². The molecule has 3 atom stereocenters. The van der Waals surface area contributed by atoms with Gasteiger partial charge in [0.2, 0.25) is 0 Å². The topological polar surface area (TPSA) is 117 Å². The molecule has 0 spiro atoms. The molecule has 0 bridgehead atoms. The van der Waals surface area contributed by atoms with Gasteiger partial charge in [-0.1, -0.05) is 12.1 Å². The fraction of sp³-hybridized carbons (Fsp3) is 0.381. The number of fused-ring (bicyclic) bond motifs is 1. The number of nitro groups is 1. The van der Waals surface area contributed by atoms with E-state index < -0.39 is 22.4 Å². The number of Topliss-reactive ketones (excluding diaryl/α,β-unsaturated/α-hetero) is 1. The van der Waals surface area contributed by atoms with Gasteiger partial charge in [0.1, 0.15) is 16.9 Å². The summed E-state index contributed by atoms with van der Waals surface area (Å²) in [6.07, 6.45) is 1.96. The normalized spacial score (nSPS) is 23.2. The number of aromatic nitrogens is 1. The number of hydrogen-bond donors (Lipinski definition) is 1. The molecule has 150 valence electrons. The summed E-state index contributed by atoms with van der Waals surface area (Å²) in [5, 5.41) is 32.9. The van der Waals surface area contributed by atoms with Crippen molar-refractivity contribution < 1.29 is 14.8 Å². The van der Waals surface area contributed by atoms with Gasteiger partial charge in [-0.05, 0) is 43.7 Å². The summed E-state index contributed by atoms with van der Waals surface area (Å²) in [5.41, 5.74) is 1.44. The molecule has 0 saturated heterocycles. The predicted octanol–water partition coefficient (Wildman–Crippen LogP) is 3.54. The molecule has 1 aromatic carbocycles. The Bertz CT molecular complexity index is 1060. The van der Waals surface area contributed by atoms with Gasteiger partial charge in [0, 0.05) is 30.2 Å². The molecule has 7 nitrogen and oxygen atoms in total. The van der Waals surface area contributed by atoms with E-state index in [4.69, 9.17) is 0 Å². The van der Waals surface area contributed by atoms with Gasteiger partial charge in [0.25, 0.3) is 5.69 Å². The van der Waals surface area contributed by atoms with Crippen molar-refractivity contribution in [3.63, 3.8) is 0 Å². The second-order valence-corrected chi connectivity index (χ2v) is 8.33. The van der Waals surface area contributed by atoms with Gasteiger partial charge in [0.15, 0.2) is 0 Å². The van der Waals surface area contributed by atoms with Crippen LogP contribution in [0.15, 0.2) is 29.3 Å². The number of aryl methyl sites for hydroxylation is 1. The minimum absolute atomic E-state index is 0.0941. The molecule has 3 unspecified atom stereocenters. The van der Waals surface area contributed by atoms with Crippen LogP contribution in [-0.4, -0.2) is 32.7 Å². The van der Waals surface area contributed by atoms with E-state index in [0.29, 0.717) is 33.0 Å². The maximum Gasteiger partial charge on any atom is 0.269 e. The van der Waals surface area contributed by atoms with Gasteiger partial charge < -0.3 is 5.11 Å². The fourth-order valence-corrected chi connectivity index (χ4v) is 5.07. The van der Waals surface area contributed by atoms with Crippen LogP contribution in [0.5, 0.6) is 0 Å². The first-order valence-corrected chi connectivity index (χ1v) is 10.3. The molecule has 3 rings (SSSR count). The maximum absolute atomic E-state index is 12.6. The molecule has 1 aliphatic carbocycles. The minimum atomic E-state index is -1.41. The lowest BCUT2D eigenvalue weighted by molar-refractivity contribution is -0.384.